The lowest BCUT2D eigenvalue weighted by atomic mass is 9.67. The first-order valence-electron chi connectivity index (χ1n) is 20.0. The predicted molar refractivity (Wildman–Crippen MR) is 253 cm³/mol. The molecule has 0 fully saturated rings. The molecule has 0 amide bonds. The second-order valence-corrected chi connectivity index (χ2v) is 18.1. The molecule has 2 heterocycles. The van der Waals surface area contributed by atoms with Crippen LogP contribution in [0.25, 0.3) is 84.5 Å². The van der Waals surface area contributed by atoms with Gasteiger partial charge in [-0.2, -0.15) is 0 Å². The molecule has 0 atom stereocenters. The molecule has 0 radical (unpaired) electrons. The van der Waals surface area contributed by atoms with E-state index < -0.39 is 0 Å². The number of anilines is 3. The van der Waals surface area contributed by atoms with E-state index in [2.05, 4.69) is 207 Å². The Kier molecular flexibility index (Phi) is 7.38. The van der Waals surface area contributed by atoms with E-state index in [4.69, 9.17) is 0 Å². The summed E-state index contributed by atoms with van der Waals surface area (Å²) in [5.41, 5.74) is 13.6. The molecule has 1 nitrogen and oxygen atoms in total. The highest BCUT2D eigenvalue weighted by molar-refractivity contribution is 7.26. The molecule has 58 heavy (non-hydrogen) atoms. The first kappa shape index (κ1) is 33.6. The molecule has 0 N–H and O–H groups in total. The van der Waals surface area contributed by atoms with Crippen molar-refractivity contribution in [1.29, 1.82) is 0 Å². The van der Waals surface area contributed by atoms with E-state index in [9.17, 15) is 0 Å². The van der Waals surface area contributed by atoms with Crippen molar-refractivity contribution in [2.75, 3.05) is 4.90 Å². The first-order valence-corrected chi connectivity index (χ1v) is 21.6. The number of hydrogen-bond acceptors (Lipinski definition) is 3. The van der Waals surface area contributed by atoms with Gasteiger partial charge in [-0.25, -0.2) is 0 Å². The molecule has 12 rings (SSSR count). The SMILES string of the molecule is CC1(C)c2ccc(N(c3ccc(-c4ccccc4)cc3)c3cccc4c3sc3ccccc34)cc2-c2c(-c3cccc4c3sc3ccccc34)ccc3cccc1c23. The molecule has 0 unspecified atom stereocenters. The molecule has 9 aromatic carbocycles. The minimum absolute atomic E-state index is 0.198. The topological polar surface area (TPSA) is 3.24 Å². The van der Waals surface area contributed by atoms with Gasteiger partial charge in [-0.1, -0.05) is 159 Å². The highest BCUT2D eigenvalue weighted by Crippen LogP contribution is 2.55. The summed E-state index contributed by atoms with van der Waals surface area (Å²) in [5, 5.41) is 7.89. The van der Waals surface area contributed by atoms with Crippen LogP contribution in [-0.4, -0.2) is 0 Å². The molecule has 1 aliphatic carbocycles. The maximum Gasteiger partial charge on any atom is 0.0640 e. The summed E-state index contributed by atoms with van der Waals surface area (Å²) in [5.74, 6) is 0. The number of nitrogens with zero attached hydrogens (tertiary/aromatic N) is 1. The van der Waals surface area contributed by atoms with Gasteiger partial charge in [0.05, 0.1) is 10.4 Å². The molecule has 0 saturated heterocycles. The Morgan fingerprint density at radius 1 is 0.414 bits per heavy atom. The van der Waals surface area contributed by atoms with Crippen LogP contribution in [0.2, 0.25) is 0 Å². The highest BCUT2D eigenvalue weighted by Gasteiger charge is 2.35. The summed E-state index contributed by atoms with van der Waals surface area (Å²) >= 11 is 3.79. The fourth-order valence-corrected chi connectivity index (χ4v) is 12.1. The van der Waals surface area contributed by atoms with Gasteiger partial charge in [-0.15, -0.1) is 22.7 Å². The van der Waals surface area contributed by atoms with Gasteiger partial charge < -0.3 is 4.90 Å². The van der Waals surface area contributed by atoms with Crippen molar-refractivity contribution in [2.24, 2.45) is 0 Å². The monoisotopic (exact) mass is 775 g/mol. The van der Waals surface area contributed by atoms with Crippen LogP contribution in [0.3, 0.4) is 0 Å². The minimum atomic E-state index is -0.198. The van der Waals surface area contributed by atoms with E-state index >= 15 is 0 Å². The van der Waals surface area contributed by atoms with Crippen molar-refractivity contribution in [2.45, 2.75) is 19.3 Å². The lowest BCUT2D eigenvalue weighted by Crippen LogP contribution is -2.24. The Morgan fingerprint density at radius 2 is 1.03 bits per heavy atom. The van der Waals surface area contributed by atoms with Crippen LogP contribution in [0.4, 0.5) is 17.1 Å². The molecule has 11 aromatic rings. The zero-order chi connectivity index (χ0) is 38.5. The van der Waals surface area contributed by atoms with E-state index in [0.717, 1.165) is 11.4 Å². The normalized spacial score (nSPS) is 13.1. The van der Waals surface area contributed by atoms with E-state index in [-0.39, 0.29) is 5.41 Å². The predicted octanol–water partition coefficient (Wildman–Crippen LogP) is 16.7. The fourth-order valence-electron chi connectivity index (χ4n) is 9.70. The molecular weight excluding hydrogens is 739 g/mol. The second-order valence-electron chi connectivity index (χ2n) is 16.0. The maximum absolute atomic E-state index is 2.49. The molecule has 0 spiro atoms. The fraction of sp³-hybridized carbons (Fsp3) is 0.0545. The van der Waals surface area contributed by atoms with Gasteiger partial charge >= 0.3 is 0 Å². The van der Waals surface area contributed by atoms with Gasteiger partial charge in [0.15, 0.2) is 0 Å². The van der Waals surface area contributed by atoms with Gasteiger partial charge in [0.1, 0.15) is 0 Å². The average molecular weight is 776 g/mol. The van der Waals surface area contributed by atoms with E-state index in [1.54, 1.807) is 0 Å². The minimum Gasteiger partial charge on any atom is -0.309 e. The number of rotatable bonds is 5. The third-order valence-electron chi connectivity index (χ3n) is 12.5. The van der Waals surface area contributed by atoms with Gasteiger partial charge in [0.25, 0.3) is 0 Å². The average Bonchev–Trinajstić information content (AvgIpc) is 3.85. The van der Waals surface area contributed by atoms with Gasteiger partial charge in [-0.05, 0) is 92.2 Å². The molecule has 1 aliphatic rings. The quantitative estimate of drug-likeness (QED) is 0.168. The van der Waals surface area contributed by atoms with Gasteiger partial charge in [0, 0.05) is 58.0 Å². The van der Waals surface area contributed by atoms with Crippen LogP contribution < -0.4 is 4.90 Å². The lowest BCUT2D eigenvalue weighted by molar-refractivity contribution is 0.645. The molecule has 274 valence electrons. The van der Waals surface area contributed by atoms with Crippen LogP contribution in [-0.2, 0) is 5.41 Å². The number of fused-ring (bicyclic) bond motifs is 8. The van der Waals surface area contributed by atoms with Crippen LogP contribution in [0.5, 0.6) is 0 Å². The third kappa shape index (κ3) is 4.94. The Hall–Kier alpha value is -6.52. The molecule has 3 heteroatoms. The van der Waals surface area contributed by atoms with Gasteiger partial charge in [-0.3, -0.25) is 0 Å². The summed E-state index contributed by atoms with van der Waals surface area (Å²) in [6, 6.07) is 70.0. The van der Waals surface area contributed by atoms with Crippen molar-refractivity contribution >= 4 is 90.9 Å². The smallest absolute Gasteiger partial charge is 0.0640 e. The number of hydrogen-bond donors (Lipinski definition) is 0. The molecule has 0 aliphatic heterocycles. The number of benzene rings is 9. The summed E-state index contributed by atoms with van der Waals surface area (Å²) in [4.78, 5) is 2.49. The van der Waals surface area contributed by atoms with Crippen LogP contribution in [0.1, 0.15) is 25.0 Å². The molecule has 0 bridgehead atoms. The Bertz CT molecular complexity index is 3420. The Labute approximate surface area is 345 Å². The molecular formula is C55H37NS2. The van der Waals surface area contributed by atoms with Crippen molar-refractivity contribution in [1.82, 2.24) is 0 Å². The Balaban J connectivity index is 1.14. The summed E-state index contributed by atoms with van der Waals surface area (Å²) < 4.78 is 5.27. The van der Waals surface area contributed by atoms with Crippen LogP contribution in [0, 0.1) is 0 Å². The summed E-state index contributed by atoms with van der Waals surface area (Å²) in [6.07, 6.45) is 0. The molecule has 0 saturated carbocycles. The van der Waals surface area contributed by atoms with E-state index in [1.807, 2.05) is 22.7 Å². The molecule has 2 aromatic heterocycles. The van der Waals surface area contributed by atoms with Crippen LogP contribution >= 0.6 is 22.7 Å². The summed E-state index contributed by atoms with van der Waals surface area (Å²) in [7, 11) is 0. The Morgan fingerprint density at radius 3 is 1.81 bits per heavy atom. The number of thiophene rings is 2. The zero-order valence-corrected chi connectivity index (χ0v) is 33.8. The van der Waals surface area contributed by atoms with Crippen molar-refractivity contribution < 1.29 is 0 Å². The van der Waals surface area contributed by atoms with Crippen molar-refractivity contribution in [3.63, 3.8) is 0 Å². The van der Waals surface area contributed by atoms with E-state index in [1.165, 1.54) is 101 Å². The zero-order valence-electron chi connectivity index (χ0n) is 32.2. The van der Waals surface area contributed by atoms with Crippen molar-refractivity contribution in [3.8, 4) is 33.4 Å². The van der Waals surface area contributed by atoms with Gasteiger partial charge in [0.2, 0.25) is 0 Å². The van der Waals surface area contributed by atoms with E-state index in [0.29, 0.717) is 0 Å². The van der Waals surface area contributed by atoms with Crippen molar-refractivity contribution in [3.05, 3.63) is 199 Å². The lowest BCUT2D eigenvalue weighted by Gasteiger charge is -2.37. The maximum atomic E-state index is 2.49. The first-order chi connectivity index (χ1) is 28.5. The standard InChI is InChI=1S/C55H37NS2/c1-55(2)46-32-30-38(56(37-28-25-35(26-29-37)34-13-4-3-5-14-34)48-22-12-20-43-40-17-7-9-24-50(40)58-54(43)48)33-45(46)52-41(31-27-36-15-10-21-47(55)51(36)52)44-19-11-18-42-39-16-6-8-23-49(39)57-53(42)44/h3-33H,1-2H3. The second kappa shape index (κ2) is 12.7. The van der Waals surface area contributed by atoms with Crippen LogP contribution in [0.15, 0.2) is 188 Å². The largest absolute Gasteiger partial charge is 0.309 e. The third-order valence-corrected chi connectivity index (χ3v) is 14.9. The highest BCUT2D eigenvalue weighted by atomic mass is 32.1. The summed E-state index contributed by atoms with van der Waals surface area (Å²) in [6.45, 7) is 4.81.